The molecule has 0 aromatic heterocycles. The van der Waals surface area contributed by atoms with Crippen LogP contribution < -0.4 is 0 Å². The largest absolute Gasteiger partial charge is 0.304 e. The lowest BCUT2D eigenvalue weighted by molar-refractivity contribution is 0.293. The first-order chi connectivity index (χ1) is 5.99. The number of benzene rings is 1. The summed E-state index contributed by atoms with van der Waals surface area (Å²) in [6.45, 7) is 3.09. The third kappa shape index (κ3) is 3.95. The first kappa shape index (κ1) is 10.8. The van der Waals surface area contributed by atoms with Crippen molar-refractivity contribution in [3.63, 3.8) is 0 Å². The summed E-state index contributed by atoms with van der Waals surface area (Å²) in [6, 6.07) is 9.31. The molecule has 1 unspecified atom stereocenters. The highest BCUT2D eigenvalue weighted by molar-refractivity contribution is 7.57. The summed E-state index contributed by atoms with van der Waals surface area (Å²) in [5.41, 5.74) is 0.204. The number of hydrogen-bond acceptors (Lipinski definition) is 2. The van der Waals surface area contributed by atoms with Gasteiger partial charge in [0, 0.05) is 13.3 Å². The van der Waals surface area contributed by atoms with Crippen molar-refractivity contribution >= 4 is 19.0 Å². The van der Waals surface area contributed by atoms with Gasteiger partial charge >= 0.3 is 0 Å². The predicted molar refractivity (Wildman–Crippen MR) is 55.6 cm³/mol. The molecule has 2 nitrogen and oxygen atoms in total. The molecular formula is C9H12ClO2P. The smallest absolute Gasteiger partial charge is 0.198 e. The van der Waals surface area contributed by atoms with Crippen LogP contribution in [0.4, 0.5) is 0 Å². The molecule has 13 heavy (non-hydrogen) atoms. The Labute approximate surface area is 83.3 Å². The van der Waals surface area contributed by atoms with Gasteiger partial charge in [-0.05, 0) is 5.56 Å². The predicted octanol–water partition coefficient (Wildman–Crippen LogP) is 3.48. The Bertz CT molecular complexity index is 307. The Kier molecular flexibility index (Phi) is 3.55. The second-order valence-electron chi connectivity index (χ2n) is 3.08. The summed E-state index contributed by atoms with van der Waals surface area (Å²) in [6.07, 6.45) is 0. The summed E-state index contributed by atoms with van der Waals surface area (Å²) in [5, 5.41) is 0. The maximum absolute atomic E-state index is 11.3. The van der Waals surface area contributed by atoms with Crippen molar-refractivity contribution in [3.8, 4) is 0 Å². The van der Waals surface area contributed by atoms with Crippen LogP contribution >= 0.6 is 19.0 Å². The first-order valence-corrected chi connectivity index (χ1v) is 6.87. The van der Waals surface area contributed by atoms with Crippen LogP contribution in [0.1, 0.15) is 11.1 Å². The van der Waals surface area contributed by atoms with Gasteiger partial charge in [0.05, 0.1) is 0 Å². The van der Waals surface area contributed by atoms with E-state index in [-0.39, 0.29) is 0 Å². The van der Waals surface area contributed by atoms with E-state index < -0.39 is 12.9 Å². The summed E-state index contributed by atoms with van der Waals surface area (Å²) in [4.78, 5) is 0. The van der Waals surface area contributed by atoms with E-state index in [1.807, 2.05) is 30.3 Å². The summed E-state index contributed by atoms with van der Waals surface area (Å²) in [5.74, 6) is 0. The fourth-order valence-corrected chi connectivity index (χ4v) is 2.18. The van der Waals surface area contributed by atoms with E-state index >= 15 is 0 Å². The van der Waals surface area contributed by atoms with Crippen molar-refractivity contribution in [1.82, 2.24) is 0 Å². The maximum Gasteiger partial charge on any atom is 0.198 e. The van der Waals surface area contributed by atoms with Crippen molar-refractivity contribution < 1.29 is 9.09 Å². The zero-order valence-corrected chi connectivity index (χ0v) is 9.26. The Hall–Kier alpha value is -0.300. The second-order valence-corrected chi connectivity index (χ2v) is 6.20. The summed E-state index contributed by atoms with van der Waals surface area (Å²) in [7, 11) is -2.52. The van der Waals surface area contributed by atoms with Gasteiger partial charge in [-0.1, -0.05) is 41.9 Å². The van der Waals surface area contributed by atoms with Gasteiger partial charge in [-0.25, -0.2) is 0 Å². The third-order valence-electron chi connectivity index (χ3n) is 1.41. The minimum absolute atomic E-state index is 0.623. The lowest BCUT2D eigenvalue weighted by Gasteiger charge is -2.14. The average Bonchev–Trinajstić information content (AvgIpc) is 2.03. The Morgan fingerprint density at radius 2 is 1.85 bits per heavy atom. The molecule has 0 spiro atoms. The second kappa shape index (κ2) is 4.28. The fourth-order valence-electron chi connectivity index (χ4n) is 0.888. The average molecular weight is 219 g/mol. The molecule has 1 atom stereocenters. The normalized spacial score (nSPS) is 14.1. The Morgan fingerprint density at radius 3 is 2.31 bits per heavy atom. The van der Waals surface area contributed by atoms with Crippen LogP contribution in [0.3, 0.4) is 0 Å². The van der Waals surface area contributed by atoms with Crippen molar-refractivity contribution in [1.29, 1.82) is 0 Å². The maximum atomic E-state index is 11.3. The first-order valence-electron chi connectivity index (χ1n) is 3.91. The molecule has 0 amide bonds. The van der Waals surface area contributed by atoms with Gasteiger partial charge in [-0.15, -0.1) is 0 Å². The molecule has 1 aromatic rings. The van der Waals surface area contributed by atoms with Crippen molar-refractivity contribution in [3.05, 3.63) is 35.9 Å². The van der Waals surface area contributed by atoms with Crippen molar-refractivity contribution in [2.45, 2.75) is 5.56 Å². The lowest BCUT2D eigenvalue weighted by atomic mass is 10.2. The highest BCUT2D eigenvalue weighted by atomic mass is 35.5. The lowest BCUT2D eigenvalue weighted by Crippen LogP contribution is -1.93. The van der Waals surface area contributed by atoms with Crippen LogP contribution in [0.15, 0.2) is 30.3 Å². The summed E-state index contributed by atoms with van der Waals surface area (Å²) >= 11 is 5.90. The van der Waals surface area contributed by atoms with E-state index in [1.165, 1.54) is 0 Å². The van der Waals surface area contributed by atoms with Gasteiger partial charge < -0.3 is 4.52 Å². The monoisotopic (exact) mass is 218 g/mol. The molecule has 0 aliphatic heterocycles. The highest BCUT2D eigenvalue weighted by Crippen LogP contribution is 2.44. The van der Waals surface area contributed by atoms with E-state index in [4.69, 9.17) is 16.1 Å². The van der Waals surface area contributed by atoms with Crippen LogP contribution in [0.25, 0.3) is 0 Å². The number of halogens is 1. The SMILES string of the molecule is CP(C)(=O)OC(Cl)c1ccccc1. The van der Waals surface area contributed by atoms with E-state index in [0.717, 1.165) is 5.56 Å². The van der Waals surface area contributed by atoms with E-state index in [9.17, 15) is 4.57 Å². The summed E-state index contributed by atoms with van der Waals surface area (Å²) < 4.78 is 16.4. The molecule has 0 N–H and O–H groups in total. The van der Waals surface area contributed by atoms with E-state index in [1.54, 1.807) is 13.3 Å². The van der Waals surface area contributed by atoms with Gasteiger partial charge in [-0.2, -0.15) is 0 Å². The van der Waals surface area contributed by atoms with Crippen LogP contribution in [0.2, 0.25) is 0 Å². The molecule has 0 aliphatic carbocycles. The topological polar surface area (TPSA) is 26.3 Å². The number of rotatable bonds is 3. The van der Waals surface area contributed by atoms with Gasteiger partial charge in [0.2, 0.25) is 0 Å². The van der Waals surface area contributed by atoms with E-state index in [0.29, 0.717) is 0 Å². The third-order valence-corrected chi connectivity index (χ3v) is 2.59. The van der Waals surface area contributed by atoms with Gasteiger partial charge in [0.1, 0.15) is 0 Å². The molecular weight excluding hydrogens is 207 g/mol. The number of hydrogen-bond donors (Lipinski definition) is 0. The highest BCUT2D eigenvalue weighted by Gasteiger charge is 2.15. The molecule has 0 aliphatic rings. The zero-order chi connectivity index (χ0) is 9.90. The fraction of sp³-hybridized carbons (Fsp3) is 0.333. The molecule has 0 radical (unpaired) electrons. The molecule has 0 bridgehead atoms. The van der Waals surface area contributed by atoms with Crippen molar-refractivity contribution in [2.24, 2.45) is 0 Å². The molecule has 72 valence electrons. The van der Waals surface area contributed by atoms with Crippen LogP contribution in [0.5, 0.6) is 0 Å². The molecule has 0 saturated heterocycles. The molecule has 1 rings (SSSR count). The van der Waals surface area contributed by atoms with Gasteiger partial charge in [0.15, 0.2) is 12.9 Å². The minimum atomic E-state index is -2.52. The molecule has 4 heteroatoms. The standard InChI is InChI=1S/C9H12ClO2P/c1-13(2,11)12-9(10)8-6-4-3-5-7-8/h3-7,9H,1-2H3. The zero-order valence-electron chi connectivity index (χ0n) is 7.61. The Balaban J connectivity index is 2.70. The minimum Gasteiger partial charge on any atom is -0.304 e. The van der Waals surface area contributed by atoms with Gasteiger partial charge in [-0.3, -0.25) is 4.57 Å². The van der Waals surface area contributed by atoms with Crippen LogP contribution in [-0.4, -0.2) is 13.3 Å². The Morgan fingerprint density at radius 1 is 1.31 bits per heavy atom. The molecule has 1 aromatic carbocycles. The molecule has 0 saturated carbocycles. The van der Waals surface area contributed by atoms with Gasteiger partial charge in [0.25, 0.3) is 0 Å². The number of alkyl halides is 1. The molecule has 0 heterocycles. The van der Waals surface area contributed by atoms with Crippen molar-refractivity contribution in [2.75, 3.05) is 13.3 Å². The molecule has 0 fully saturated rings. The van der Waals surface area contributed by atoms with E-state index in [2.05, 4.69) is 0 Å². The quantitative estimate of drug-likeness (QED) is 0.574. The van der Waals surface area contributed by atoms with Crippen LogP contribution in [-0.2, 0) is 9.09 Å². The van der Waals surface area contributed by atoms with Crippen LogP contribution in [0, 0.1) is 0 Å².